The van der Waals surface area contributed by atoms with E-state index in [0.29, 0.717) is 111 Å². The molecule has 0 bridgehead atoms. The van der Waals surface area contributed by atoms with Crippen LogP contribution in [0.2, 0.25) is 0 Å². The summed E-state index contributed by atoms with van der Waals surface area (Å²) in [5.74, 6) is -1.61. The standard InChI is InChI=1S/C20H32N2O8S.C19H28N2O8.C18H27N3O8.C10H20O6.C10H18O6.C8H11N3O3/c1-13(2)29-19(30-15(12-24)14(11-23)28-3)10-21-8-6-5-7-17(25)22-18(26)9-16(31-4)20(22)27;1-13(2)28-19(29-15(12-23)14(11-22)27-3)10-20-9-5-4-6-16(24)21-17(25)7-8-18(21)26;1-12(2)28-18(29-14(11-23)13(10-22)27-3)9-20-19-8-4-5-15(24)21-16(25)6-7-17(21)26;1-5(2)15-10-8(13)7(12)9(14-3)6(4-11)16-10;1-7(2)15-10(6-13)16-9(5-12)8(4-11)14-3;9-10-5-1-2-6(12)11-7(13)3-4-8(11)14/h10-11,13-16,19,24H,5-9,12H2,1-4H3;7-8,10-11,13-15,19,23H,4-6,9,12H2,1-3H3;6-7,9-10,12-14,18-19,23H,4-5,8,11H2,1-3H3;5-13H,4H2,1-3H3;4,6-10,12H,5H2,1-3H3;3-4,10H,1-2,5,9H2/b;;20-9-;;;/t14?,15-,16?,19-;14?,15-,19-;13?,14-,18-;6-,7-,8+,9?,10-;8?,9-,10-;/m00111./s1. The quantitative estimate of drug-likeness (QED) is 0.00546. The van der Waals surface area contributed by atoms with Crippen molar-refractivity contribution in [1.82, 2.24) is 30.5 Å². The Morgan fingerprint density at radius 1 is 0.452 bits per heavy atom. The molecule has 11 N–H and O–H groups in total. The van der Waals surface area contributed by atoms with E-state index in [2.05, 4.69) is 25.9 Å². The smallest absolute Gasteiger partial charge is 0.260 e. The first kappa shape index (κ1) is 126. The van der Waals surface area contributed by atoms with Crippen LogP contribution in [0.4, 0.5) is 0 Å². The second-order valence-corrected chi connectivity index (χ2v) is 31.2. The van der Waals surface area contributed by atoms with Crippen LogP contribution in [0.3, 0.4) is 0 Å². The van der Waals surface area contributed by atoms with Crippen LogP contribution in [0.15, 0.2) is 51.5 Å². The molecule has 0 aromatic carbocycles. The number of ether oxygens (including phenoxy) is 15. The zero-order valence-electron chi connectivity index (χ0n) is 78.8. The number of nitrogens with zero attached hydrogens (tertiary/aromatic N) is 7. The topological polar surface area (TPSA) is 670 Å². The number of aldehydes is 5. The highest BCUT2D eigenvalue weighted by molar-refractivity contribution is 8.00. The van der Waals surface area contributed by atoms with Crippen molar-refractivity contribution in [3.63, 3.8) is 0 Å². The van der Waals surface area contributed by atoms with Gasteiger partial charge >= 0.3 is 0 Å². The number of nitrogens with two attached hydrogens (primary N) is 1. The molecule has 0 aromatic heterocycles. The monoisotopic (exact) mass is 1950 g/mol. The summed E-state index contributed by atoms with van der Waals surface area (Å²) in [5.41, 5.74) is 5.08. The number of rotatable bonds is 60. The van der Waals surface area contributed by atoms with Crippen molar-refractivity contribution in [1.29, 1.82) is 0 Å². The molecule has 0 saturated carbocycles. The number of aliphatic hydroxyl groups excluding tert-OH is 7. The second kappa shape index (κ2) is 72.3. The molecule has 12 amide bonds. The van der Waals surface area contributed by atoms with Gasteiger partial charge in [-0.25, -0.2) is 19.6 Å². The summed E-state index contributed by atoms with van der Waals surface area (Å²) in [4.78, 5) is 204. The van der Waals surface area contributed by atoms with E-state index in [0.717, 1.165) is 41.4 Å². The van der Waals surface area contributed by atoms with Gasteiger partial charge in [0.2, 0.25) is 41.7 Å². The van der Waals surface area contributed by atoms with E-state index in [-0.39, 0.29) is 69.2 Å². The Balaban J connectivity index is 0.00000164. The third-order valence-electron chi connectivity index (χ3n) is 18.1. The number of hydrogen-bond donors (Lipinski definition) is 10. The predicted octanol–water partition coefficient (Wildman–Crippen LogP) is -3.18. The number of nitrogens with one attached hydrogen (secondary N) is 2. The maximum absolute atomic E-state index is 12.2. The molecule has 5 aliphatic heterocycles. The van der Waals surface area contributed by atoms with Gasteiger partial charge in [-0.05, 0) is 114 Å². The van der Waals surface area contributed by atoms with Crippen molar-refractivity contribution in [2.45, 2.75) is 280 Å². The summed E-state index contributed by atoms with van der Waals surface area (Å²) in [6.07, 6.45) is 1.02. The van der Waals surface area contributed by atoms with Crippen LogP contribution < -0.4 is 16.7 Å². The van der Waals surface area contributed by atoms with Gasteiger partial charge < -0.3 is 131 Å². The predicted molar refractivity (Wildman–Crippen MR) is 475 cm³/mol. The maximum atomic E-state index is 12.2. The summed E-state index contributed by atoms with van der Waals surface area (Å²) >= 11 is 1.27. The van der Waals surface area contributed by atoms with Crippen LogP contribution in [-0.4, -0.2) is 418 Å². The molecule has 5 aliphatic rings. The molecule has 0 radical (unpaired) electrons. The molecule has 0 aliphatic carbocycles. The number of carbonyl (C=O) groups is 17. The van der Waals surface area contributed by atoms with E-state index < -0.39 is 207 Å². The van der Waals surface area contributed by atoms with Crippen LogP contribution in [0.25, 0.3) is 0 Å². The third kappa shape index (κ3) is 48.2. The van der Waals surface area contributed by atoms with Crippen molar-refractivity contribution in [2.75, 3.05) is 101 Å². The lowest BCUT2D eigenvalue weighted by molar-refractivity contribution is -0.311. The SMILES string of the molecule is COC(C=O)[C@@H](CO)O[C@H](/C=N\NCCCC(=O)N1C(=O)C=CC1=O)OC(C)C.COC(C=O)[C@@H](CO)O[C@H](C=O)OC(C)C.COC(C=O)[C@H](CO)O[C@@H](C=NCCCCC(=O)N1C(=O)C=CC1=O)OC(C)C.COC(C=O)[C@H](CO)O[C@@H](C=NCCCCC(=O)N1C(=O)CC(SC)C1=O)OC(C)C.COC1[C@@H](CO)O[C@@H](OC(C)C)[C@@H](O)[C@H]1O.NNCCCC(=O)N1C(=O)C=CC1=O. The molecular formula is C85H136N10O39S. The number of amides is 12. The zero-order valence-corrected chi connectivity index (χ0v) is 79.6. The molecule has 18 atom stereocenters. The Bertz CT molecular complexity index is 3640. The lowest BCUT2D eigenvalue weighted by Gasteiger charge is -2.41. The highest BCUT2D eigenvalue weighted by atomic mass is 32.2. The maximum Gasteiger partial charge on any atom is 0.260 e. The van der Waals surface area contributed by atoms with Gasteiger partial charge in [0.1, 0.15) is 73.2 Å². The minimum atomic E-state index is -1.19. The van der Waals surface area contributed by atoms with Gasteiger partial charge in [0.25, 0.3) is 35.4 Å². The van der Waals surface area contributed by atoms with Gasteiger partial charge in [-0.1, -0.05) is 0 Å². The van der Waals surface area contributed by atoms with E-state index in [1.807, 2.05) is 0 Å². The van der Waals surface area contributed by atoms with Crippen LogP contribution in [0, 0.1) is 0 Å². The van der Waals surface area contributed by atoms with Gasteiger partial charge in [0.15, 0.2) is 56.6 Å². The number of likely N-dealkylation sites (tertiary alicyclic amines) is 1. The van der Waals surface area contributed by atoms with E-state index in [4.69, 9.17) is 87.1 Å². The normalized spacial score (nSPS) is 20.4. The van der Waals surface area contributed by atoms with Crippen LogP contribution in [0.5, 0.6) is 0 Å². The highest BCUT2D eigenvalue weighted by Gasteiger charge is 2.46. The first-order valence-corrected chi connectivity index (χ1v) is 44.2. The fourth-order valence-electron chi connectivity index (χ4n) is 11.5. The Kier molecular flexibility index (Phi) is 67.5. The Labute approximate surface area is 787 Å². The van der Waals surface area contributed by atoms with E-state index in [9.17, 15) is 107 Å². The van der Waals surface area contributed by atoms with E-state index in [1.165, 1.54) is 66.0 Å². The van der Waals surface area contributed by atoms with Crippen LogP contribution in [-0.2, 0) is 153 Å². The molecule has 6 unspecified atom stereocenters. The highest BCUT2D eigenvalue weighted by Crippen LogP contribution is 2.27. The second-order valence-electron chi connectivity index (χ2n) is 30.2. The number of hydrazone groups is 1. The summed E-state index contributed by atoms with van der Waals surface area (Å²) < 4.78 is 78.8. The molecule has 135 heavy (non-hydrogen) atoms. The van der Waals surface area contributed by atoms with Crippen LogP contribution >= 0.6 is 11.8 Å². The van der Waals surface area contributed by atoms with E-state index >= 15 is 0 Å². The van der Waals surface area contributed by atoms with Gasteiger partial charge in [-0.2, -0.15) is 16.9 Å². The molecule has 2 fully saturated rings. The molecule has 49 nitrogen and oxygen atoms in total. The van der Waals surface area contributed by atoms with Crippen LogP contribution in [0.1, 0.15) is 140 Å². The molecule has 2 saturated heterocycles. The summed E-state index contributed by atoms with van der Waals surface area (Å²) in [6.45, 7) is 17.2. The minimum absolute atomic E-state index is 0.00839. The average molecular weight is 1950 g/mol. The van der Waals surface area contributed by atoms with Crippen molar-refractivity contribution < 1.29 is 188 Å². The number of aliphatic hydroxyl groups is 7. The fraction of sp³-hybridized carbons (Fsp3) is 0.694. The molecular weight excluding hydrogens is 1820 g/mol. The number of hydrogen-bond acceptors (Lipinski definition) is 46. The summed E-state index contributed by atoms with van der Waals surface area (Å²) in [7, 11) is 6.68. The van der Waals surface area contributed by atoms with Gasteiger partial charge in [-0.15, -0.1) is 0 Å². The number of hydrazine groups is 1. The lowest BCUT2D eigenvalue weighted by atomic mass is 9.99. The third-order valence-corrected chi connectivity index (χ3v) is 19.0. The number of methoxy groups -OCH3 is 5. The Morgan fingerprint density at radius 3 is 1.07 bits per heavy atom. The van der Waals surface area contributed by atoms with Crippen molar-refractivity contribution in [3.8, 4) is 0 Å². The first-order chi connectivity index (χ1) is 64.2. The Morgan fingerprint density at radius 2 is 0.778 bits per heavy atom. The number of carbonyl (C=O) groups excluding carboxylic acids is 17. The minimum Gasteiger partial charge on any atom is -0.394 e. The molecule has 5 rings (SSSR count). The van der Waals surface area contributed by atoms with Crippen molar-refractivity contribution >= 4 is 133 Å². The average Bonchev–Trinajstić information content (AvgIpc) is 1.77. The van der Waals surface area contributed by atoms with Crippen molar-refractivity contribution in [2.24, 2.45) is 20.9 Å². The van der Waals surface area contributed by atoms with Gasteiger partial charge in [0, 0.05) is 130 Å². The van der Waals surface area contributed by atoms with Gasteiger partial charge in [-0.3, -0.25) is 83.6 Å². The molecule has 0 spiro atoms. The van der Waals surface area contributed by atoms with Crippen molar-refractivity contribution in [3.05, 3.63) is 36.5 Å². The number of thioether (sulfide) groups is 1. The number of imide groups is 12. The number of unbranched alkanes of at least 4 members (excludes halogenated alkanes) is 2. The van der Waals surface area contributed by atoms with E-state index in [1.54, 1.807) is 75.5 Å². The molecule has 766 valence electrons. The van der Waals surface area contributed by atoms with Gasteiger partial charge in [0.05, 0.1) is 87.4 Å². The zero-order chi connectivity index (χ0) is 102. The lowest BCUT2D eigenvalue weighted by Crippen LogP contribution is -2.60. The summed E-state index contributed by atoms with van der Waals surface area (Å²) in [5, 5.41) is 69.3. The Hall–Kier alpha value is -8.99. The molecule has 50 heteroatoms. The number of aliphatic imine (C=N–C) groups is 2. The molecule has 5 heterocycles. The molecule has 0 aromatic rings. The summed E-state index contributed by atoms with van der Waals surface area (Å²) in [6, 6.07) is 0. The fourth-order valence-corrected chi connectivity index (χ4v) is 12.1. The first-order valence-electron chi connectivity index (χ1n) is 43.0. The largest absolute Gasteiger partial charge is 0.394 e.